The van der Waals surface area contributed by atoms with E-state index in [1.54, 1.807) is 11.8 Å². The van der Waals surface area contributed by atoms with E-state index in [1.807, 2.05) is 0 Å². The lowest BCUT2D eigenvalue weighted by Gasteiger charge is -2.32. The Kier molecular flexibility index (Phi) is 9.56. The number of nitrogens with two attached hydrogens (primary N) is 1. The molecule has 1 amide bonds. The Labute approximate surface area is 246 Å². The van der Waals surface area contributed by atoms with E-state index in [-0.39, 0.29) is 43.4 Å². The van der Waals surface area contributed by atoms with Crippen molar-refractivity contribution >= 4 is 25.8 Å². The summed E-state index contributed by atoms with van der Waals surface area (Å²) in [4.78, 5) is 14.6. The lowest BCUT2D eigenvalue weighted by Crippen LogP contribution is -2.39. The van der Waals surface area contributed by atoms with Crippen LogP contribution in [-0.4, -0.2) is 66.7 Å². The number of likely N-dealkylation sites (tertiary alicyclic amines) is 1. The number of primary sulfonamides is 1. The number of nitrogens with zero attached hydrogens (tertiary/aromatic N) is 5. The van der Waals surface area contributed by atoms with Crippen molar-refractivity contribution in [3.05, 3.63) is 64.7 Å². The topological polar surface area (TPSA) is 158 Å². The molecule has 1 saturated heterocycles. The van der Waals surface area contributed by atoms with E-state index in [1.165, 1.54) is 10.9 Å². The van der Waals surface area contributed by atoms with Crippen LogP contribution in [0.1, 0.15) is 48.2 Å². The molecule has 0 radical (unpaired) electrons. The molecule has 2 N–H and O–H groups in total. The van der Waals surface area contributed by atoms with Gasteiger partial charge in [0.25, 0.3) is 0 Å². The average Bonchev–Trinajstić information content (AvgIpc) is 3.34. The van der Waals surface area contributed by atoms with Crippen molar-refractivity contribution in [2.24, 2.45) is 11.1 Å². The average molecular weight is 647 g/mol. The van der Waals surface area contributed by atoms with Crippen molar-refractivity contribution < 1.29 is 39.2 Å². The maximum Gasteiger partial charge on any atom is 0.416 e. The molecule has 0 bridgehead atoms. The Morgan fingerprint density at radius 1 is 1.05 bits per heavy atom. The molecule has 0 atom stereocenters. The number of aromatic nitrogens is 4. The number of carbonyl (C=O) groups excluding carboxylic acids is 1. The predicted octanol–water partition coefficient (Wildman–Crippen LogP) is 2.87. The fraction of sp³-hybridized carbons (Fsp3) is 0.462. The first-order chi connectivity index (χ1) is 20.0. The maximum absolute atomic E-state index is 14.4. The zero-order valence-electron chi connectivity index (χ0n) is 23.1. The van der Waals surface area contributed by atoms with E-state index in [4.69, 9.17) is 5.14 Å². The van der Waals surface area contributed by atoms with Gasteiger partial charge >= 0.3 is 6.18 Å². The number of hydrogen-bond donors (Lipinski definition) is 1. The van der Waals surface area contributed by atoms with Gasteiger partial charge in [-0.2, -0.15) is 18.0 Å². The van der Waals surface area contributed by atoms with Gasteiger partial charge in [0.15, 0.2) is 15.7 Å². The molecule has 3 aromatic rings. The van der Waals surface area contributed by atoms with Gasteiger partial charge in [0.1, 0.15) is 10.7 Å². The Bertz CT molecular complexity index is 1700. The third-order valence-electron chi connectivity index (χ3n) is 7.34. The van der Waals surface area contributed by atoms with Crippen LogP contribution in [-0.2, 0) is 43.8 Å². The van der Waals surface area contributed by atoms with Crippen LogP contribution in [0.3, 0.4) is 0 Å². The summed E-state index contributed by atoms with van der Waals surface area (Å²) in [5, 5.41) is 16.6. The molecule has 0 aliphatic carbocycles. The Morgan fingerprint density at radius 2 is 1.74 bits per heavy atom. The van der Waals surface area contributed by atoms with Crippen molar-refractivity contribution in [3.63, 3.8) is 0 Å². The van der Waals surface area contributed by atoms with E-state index in [0.717, 1.165) is 24.3 Å². The second-order valence-electron chi connectivity index (χ2n) is 10.4. The van der Waals surface area contributed by atoms with Gasteiger partial charge in [-0.05, 0) is 85.2 Å². The normalized spacial score (nSPS) is 15.2. The SMILES string of the molecule is Cc1nnn(Cc2cc(C(F)(F)F)ccc2CCC(=O)N2CCC(CCS(=O)(=O)c3ccc(S(N)(=O)=O)cc3F)CC2)n1. The van der Waals surface area contributed by atoms with Gasteiger partial charge in [-0.25, -0.2) is 26.4 Å². The summed E-state index contributed by atoms with van der Waals surface area (Å²) in [5.41, 5.74) is 0.0677. The van der Waals surface area contributed by atoms with Gasteiger partial charge in [0.05, 0.1) is 22.8 Å². The molecule has 1 aliphatic rings. The second-order valence-corrected chi connectivity index (χ2v) is 14.1. The van der Waals surface area contributed by atoms with Crippen molar-refractivity contribution in [2.75, 3.05) is 18.8 Å². The van der Waals surface area contributed by atoms with E-state index < -0.39 is 47.2 Å². The largest absolute Gasteiger partial charge is 0.416 e. The minimum atomic E-state index is -4.54. The molecule has 234 valence electrons. The van der Waals surface area contributed by atoms with Crippen molar-refractivity contribution in [2.45, 2.75) is 61.5 Å². The highest BCUT2D eigenvalue weighted by Crippen LogP contribution is 2.31. The van der Waals surface area contributed by atoms with Crippen LogP contribution in [0, 0.1) is 18.7 Å². The predicted molar refractivity (Wildman–Crippen MR) is 145 cm³/mol. The number of tetrazole rings is 1. The highest BCUT2D eigenvalue weighted by molar-refractivity contribution is 7.91. The third-order valence-corrected chi connectivity index (χ3v) is 10.0. The van der Waals surface area contributed by atoms with Crippen LogP contribution in [0.2, 0.25) is 0 Å². The molecular formula is C26H30F4N6O5S2. The highest BCUT2D eigenvalue weighted by atomic mass is 32.2. The summed E-state index contributed by atoms with van der Waals surface area (Å²) in [5.74, 6) is -1.39. The van der Waals surface area contributed by atoms with Gasteiger partial charge in [-0.3, -0.25) is 4.79 Å². The first-order valence-electron chi connectivity index (χ1n) is 13.3. The minimum absolute atomic E-state index is 0.0364. The van der Waals surface area contributed by atoms with Gasteiger partial charge in [-0.15, -0.1) is 10.2 Å². The van der Waals surface area contributed by atoms with E-state index >= 15 is 0 Å². The summed E-state index contributed by atoms with van der Waals surface area (Å²) in [7, 11) is -8.22. The molecule has 1 aromatic heterocycles. The fourth-order valence-corrected chi connectivity index (χ4v) is 6.97. The maximum atomic E-state index is 14.4. The number of piperidine rings is 1. The lowest BCUT2D eigenvalue weighted by atomic mass is 9.94. The Morgan fingerprint density at radius 3 is 2.33 bits per heavy atom. The molecule has 1 fully saturated rings. The Balaban J connectivity index is 1.31. The number of halogens is 4. The molecule has 0 unspecified atom stereocenters. The number of hydrogen-bond acceptors (Lipinski definition) is 8. The van der Waals surface area contributed by atoms with Crippen LogP contribution < -0.4 is 5.14 Å². The van der Waals surface area contributed by atoms with Gasteiger partial charge in [0.2, 0.25) is 15.9 Å². The monoisotopic (exact) mass is 646 g/mol. The highest BCUT2D eigenvalue weighted by Gasteiger charge is 2.31. The molecule has 1 aliphatic heterocycles. The van der Waals surface area contributed by atoms with E-state index in [2.05, 4.69) is 15.4 Å². The number of sulfone groups is 1. The lowest BCUT2D eigenvalue weighted by molar-refractivity contribution is -0.137. The number of carbonyl (C=O) groups is 1. The van der Waals surface area contributed by atoms with Crippen molar-refractivity contribution in [1.29, 1.82) is 0 Å². The molecule has 2 aromatic carbocycles. The molecule has 4 rings (SSSR count). The number of alkyl halides is 3. The van der Waals surface area contributed by atoms with Crippen LogP contribution >= 0.6 is 0 Å². The zero-order valence-corrected chi connectivity index (χ0v) is 24.7. The summed E-state index contributed by atoms with van der Waals surface area (Å²) in [6.45, 7) is 2.32. The van der Waals surface area contributed by atoms with Gasteiger partial charge in [0, 0.05) is 19.5 Å². The molecule has 2 heterocycles. The number of benzene rings is 2. The number of sulfonamides is 1. The minimum Gasteiger partial charge on any atom is -0.343 e. The zero-order chi connectivity index (χ0) is 31.6. The smallest absolute Gasteiger partial charge is 0.343 e. The molecule has 43 heavy (non-hydrogen) atoms. The van der Waals surface area contributed by atoms with Gasteiger partial charge < -0.3 is 4.90 Å². The van der Waals surface area contributed by atoms with E-state index in [0.29, 0.717) is 48.9 Å². The molecular weight excluding hydrogens is 616 g/mol. The van der Waals surface area contributed by atoms with Crippen LogP contribution in [0.4, 0.5) is 17.6 Å². The Hall–Kier alpha value is -3.44. The standard InChI is InChI=1S/C26H30F4N6O5S2/c1-17-32-34-36(33-17)16-20-14-21(26(28,29)30)4-2-19(20)3-7-25(37)35-11-8-18(9-12-35)10-13-42(38,39)24-6-5-22(15-23(24)27)43(31,40)41/h2,4-6,14-15,18H,3,7-13,16H2,1H3,(H2,31,40,41). The fourth-order valence-electron chi connectivity index (χ4n) is 4.95. The molecule has 17 heteroatoms. The van der Waals surface area contributed by atoms with Crippen molar-refractivity contribution in [3.8, 4) is 0 Å². The second kappa shape index (κ2) is 12.7. The summed E-state index contributed by atoms with van der Waals surface area (Å²) in [6.07, 6.45) is -2.99. The summed E-state index contributed by atoms with van der Waals surface area (Å²) in [6, 6.07) is 5.76. The van der Waals surface area contributed by atoms with Crippen LogP contribution in [0.15, 0.2) is 46.2 Å². The number of amides is 1. The van der Waals surface area contributed by atoms with Crippen LogP contribution in [0.25, 0.3) is 0 Å². The van der Waals surface area contributed by atoms with Crippen LogP contribution in [0.5, 0.6) is 0 Å². The van der Waals surface area contributed by atoms with Crippen molar-refractivity contribution in [1.82, 2.24) is 25.1 Å². The summed E-state index contributed by atoms with van der Waals surface area (Å²) < 4.78 is 103. The quantitative estimate of drug-likeness (QED) is 0.330. The first kappa shape index (κ1) is 32.5. The third kappa shape index (κ3) is 8.35. The molecule has 0 spiro atoms. The van der Waals surface area contributed by atoms with E-state index in [9.17, 15) is 39.2 Å². The first-order valence-corrected chi connectivity index (χ1v) is 16.5. The molecule has 0 saturated carbocycles. The number of aryl methyl sites for hydroxylation is 2. The number of rotatable bonds is 10. The summed E-state index contributed by atoms with van der Waals surface area (Å²) >= 11 is 0. The molecule has 11 nitrogen and oxygen atoms in total. The van der Waals surface area contributed by atoms with Gasteiger partial charge in [-0.1, -0.05) is 6.07 Å².